The van der Waals surface area contributed by atoms with E-state index in [0.717, 1.165) is 0 Å². The quantitative estimate of drug-likeness (QED) is 0.199. The third kappa shape index (κ3) is 1.34. The highest BCUT2D eigenvalue weighted by molar-refractivity contribution is 5.98. The molecule has 0 unspecified atom stereocenters. The average Bonchev–Trinajstić information content (AvgIpc) is 2.04. The van der Waals surface area contributed by atoms with Gasteiger partial charge in [0.1, 0.15) is 5.69 Å². The third-order valence-corrected chi connectivity index (χ3v) is 1.11. The van der Waals surface area contributed by atoms with Gasteiger partial charge in [-0.3, -0.25) is 0 Å². The minimum atomic E-state index is 0.0793. The fraction of sp³-hybridized carbons (Fsp3) is 0. The molecule has 0 spiro atoms. The van der Waals surface area contributed by atoms with Crippen molar-refractivity contribution < 1.29 is 0 Å². The molecule has 0 atom stereocenters. The summed E-state index contributed by atoms with van der Waals surface area (Å²) in [6.45, 7) is 0. The lowest BCUT2D eigenvalue weighted by atomic mass is 10.4. The van der Waals surface area contributed by atoms with Crippen LogP contribution in [-0.4, -0.2) is 15.8 Å². The van der Waals surface area contributed by atoms with Crippen LogP contribution in [0.25, 0.3) is 0 Å². The molecule has 6 heteroatoms. The number of amidine groups is 1. The molecule has 6 N–H and O–H groups in total. The third-order valence-electron chi connectivity index (χ3n) is 1.11. The molecule has 11 heavy (non-hydrogen) atoms. The maximum atomic E-state index is 5.41. The molecular weight excluding hydrogens is 144 g/mol. The molecule has 0 bridgehead atoms. The Morgan fingerprint density at radius 2 is 2.00 bits per heavy atom. The maximum Gasteiger partial charge on any atom is 0.172 e. The van der Waals surface area contributed by atoms with Crippen LogP contribution < -0.4 is 17.3 Å². The Labute approximate surface area is 63.1 Å². The summed E-state index contributed by atoms with van der Waals surface area (Å²) in [6, 6.07) is 0. The topological polar surface area (TPSA) is 116 Å². The van der Waals surface area contributed by atoms with Crippen LogP contribution in [0.15, 0.2) is 17.5 Å². The molecule has 0 aliphatic heterocycles. The Morgan fingerprint density at radius 1 is 1.36 bits per heavy atom. The highest BCUT2D eigenvalue weighted by atomic mass is 15.2. The second kappa shape index (κ2) is 2.82. The van der Waals surface area contributed by atoms with Crippen LogP contribution in [-0.2, 0) is 0 Å². The minimum Gasteiger partial charge on any atom is -0.382 e. The smallest absolute Gasteiger partial charge is 0.172 e. The van der Waals surface area contributed by atoms with E-state index in [1.165, 1.54) is 12.4 Å². The Morgan fingerprint density at radius 3 is 2.55 bits per heavy atom. The second-order valence-electron chi connectivity index (χ2n) is 1.80. The Balaban J connectivity index is 3.14. The van der Waals surface area contributed by atoms with Gasteiger partial charge in [-0.2, -0.15) is 5.10 Å². The molecule has 1 aromatic heterocycles. The summed E-state index contributed by atoms with van der Waals surface area (Å²) in [7, 11) is 0. The first-order chi connectivity index (χ1) is 5.25. The molecule has 1 rings (SSSR count). The van der Waals surface area contributed by atoms with E-state index in [1.807, 2.05) is 0 Å². The zero-order valence-electron chi connectivity index (χ0n) is 5.73. The van der Waals surface area contributed by atoms with Gasteiger partial charge in [0.15, 0.2) is 11.7 Å². The molecule has 0 aromatic carbocycles. The SMILES string of the molecule is N/N=C(\N)c1nccnc1N. The molecule has 58 valence electrons. The van der Waals surface area contributed by atoms with Gasteiger partial charge in [0, 0.05) is 12.4 Å². The van der Waals surface area contributed by atoms with Crippen LogP contribution in [0.3, 0.4) is 0 Å². The molecule has 1 aromatic rings. The van der Waals surface area contributed by atoms with E-state index in [2.05, 4.69) is 15.1 Å². The molecule has 1 heterocycles. The standard InChI is InChI=1S/C5H8N6/c6-4-3(5(7)11-8)9-1-2-10-4/h1-2H,8H2,(H2,6,10)(H2,7,11). The lowest BCUT2D eigenvalue weighted by Gasteiger charge is -1.99. The lowest BCUT2D eigenvalue weighted by molar-refractivity contribution is 1.15. The van der Waals surface area contributed by atoms with Crippen molar-refractivity contribution in [1.82, 2.24) is 9.97 Å². The Kier molecular flexibility index (Phi) is 1.86. The molecule has 0 amide bonds. The fourth-order valence-electron chi connectivity index (χ4n) is 0.607. The van der Waals surface area contributed by atoms with E-state index in [-0.39, 0.29) is 11.7 Å². The number of hydrogen-bond donors (Lipinski definition) is 3. The first-order valence-corrected chi connectivity index (χ1v) is 2.86. The second-order valence-corrected chi connectivity index (χ2v) is 1.80. The van der Waals surface area contributed by atoms with Gasteiger partial charge in [-0.25, -0.2) is 9.97 Å². The van der Waals surface area contributed by atoms with Crippen molar-refractivity contribution >= 4 is 11.7 Å². The summed E-state index contributed by atoms with van der Waals surface area (Å²) in [6.07, 6.45) is 2.92. The molecule has 6 nitrogen and oxygen atoms in total. The van der Waals surface area contributed by atoms with E-state index in [9.17, 15) is 0 Å². The molecule has 0 aliphatic rings. The van der Waals surface area contributed by atoms with E-state index in [4.69, 9.17) is 17.3 Å². The number of nitrogens with two attached hydrogens (primary N) is 3. The number of aromatic nitrogens is 2. The summed E-state index contributed by atoms with van der Waals surface area (Å²) in [4.78, 5) is 7.57. The van der Waals surface area contributed by atoms with Crippen LogP contribution in [0.1, 0.15) is 5.69 Å². The van der Waals surface area contributed by atoms with Crippen LogP contribution in [0.5, 0.6) is 0 Å². The fourth-order valence-corrected chi connectivity index (χ4v) is 0.607. The van der Waals surface area contributed by atoms with Crippen molar-refractivity contribution in [2.45, 2.75) is 0 Å². The van der Waals surface area contributed by atoms with Crippen molar-refractivity contribution in [3.63, 3.8) is 0 Å². The number of anilines is 1. The highest BCUT2D eigenvalue weighted by Crippen LogP contribution is 2.00. The predicted octanol–water partition coefficient (Wildman–Crippen LogP) is -1.36. The van der Waals surface area contributed by atoms with Gasteiger partial charge < -0.3 is 17.3 Å². The van der Waals surface area contributed by atoms with Gasteiger partial charge in [0.2, 0.25) is 0 Å². The van der Waals surface area contributed by atoms with Crippen molar-refractivity contribution in [3.05, 3.63) is 18.1 Å². The zero-order chi connectivity index (χ0) is 8.27. The van der Waals surface area contributed by atoms with Gasteiger partial charge in [-0.1, -0.05) is 0 Å². The minimum absolute atomic E-state index is 0.0793. The molecule has 0 saturated heterocycles. The van der Waals surface area contributed by atoms with Gasteiger partial charge in [-0.15, -0.1) is 0 Å². The number of rotatable bonds is 1. The average molecular weight is 152 g/mol. The number of hydrazone groups is 1. The molecule has 0 aliphatic carbocycles. The zero-order valence-corrected chi connectivity index (χ0v) is 5.73. The van der Waals surface area contributed by atoms with E-state index < -0.39 is 0 Å². The Hall–Kier alpha value is -1.85. The van der Waals surface area contributed by atoms with Gasteiger partial charge >= 0.3 is 0 Å². The lowest BCUT2D eigenvalue weighted by Crippen LogP contribution is -2.19. The Bertz CT molecular complexity index is 280. The van der Waals surface area contributed by atoms with E-state index in [1.54, 1.807) is 0 Å². The number of hydrogen-bond acceptors (Lipinski definition) is 5. The number of nitrogens with zero attached hydrogens (tertiary/aromatic N) is 3. The van der Waals surface area contributed by atoms with Gasteiger partial charge in [0.05, 0.1) is 0 Å². The first-order valence-electron chi connectivity index (χ1n) is 2.86. The molecule has 0 radical (unpaired) electrons. The van der Waals surface area contributed by atoms with Crippen molar-refractivity contribution in [3.8, 4) is 0 Å². The van der Waals surface area contributed by atoms with Gasteiger partial charge in [-0.05, 0) is 0 Å². The van der Waals surface area contributed by atoms with Crippen LogP contribution in [0.2, 0.25) is 0 Å². The summed E-state index contributed by atoms with van der Waals surface area (Å²) in [5, 5.41) is 3.23. The molecule has 0 fully saturated rings. The van der Waals surface area contributed by atoms with Crippen LogP contribution in [0, 0.1) is 0 Å². The normalized spacial score (nSPS) is 11.5. The van der Waals surface area contributed by atoms with E-state index in [0.29, 0.717) is 5.69 Å². The first kappa shape index (κ1) is 7.26. The van der Waals surface area contributed by atoms with Crippen LogP contribution >= 0.6 is 0 Å². The van der Waals surface area contributed by atoms with E-state index >= 15 is 0 Å². The summed E-state index contributed by atoms with van der Waals surface area (Å²) in [5.41, 5.74) is 11.1. The summed E-state index contributed by atoms with van der Waals surface area (Å²) in [5.74, 6) is 5.21. The number of nitrogen functional groups attached to an aromatic ring is 1. The van der Waals surface area contributed by atoms with Crippen molar-refractivity contribution in [1.29, 1.82) is 0 Å². The molecular formula is C5H8N6. The van der Waals surface area contributed by atoms with Crippen molar-refractivity contribution in [2.75, 3.05) is 5.73 Å². The molecule has 0 saturated carbocycles. The van der Waals surface area contributed by atoms with Gasteiger partial charge in [0.25, 0.3) is 0 Å². The maximum absolute atomic E-state index is 5.41. The summed E-state index contributed by atoms with van der Waals surface area (Å²) >= 11 is 0. The van der Waals surface area contributed by atoms with Crippen LogP contribution in [0.4, 0.5) is 5.82 Å². The highest BCUT2D eigenvalue weighted by Gasteiger charge is 2.03. The summed E-state index contributed by atoms with van der Waals surface area (Å²) < 4.78 is 0. The predicted molar refractivity (Wildman–Crippen MR) is 41.4 cm³/mol. The van der Waals surface area contributed by atoms with Crippen molar-refractivity contribution in [2.24, 2.45) is 16.7 Å². The monoisotopic (exact) mass is 152 g/mol. The largest absolute Gasteiger partial charge is 0.382 e.